The number of hydrogen-bond acceptors (Lipinski definition) is 5. The molecule has 2 rings (SSSR count). The zero-order valence-corrected chi connectivity index (χ0v) is 14.0. The maximum Gasteiger partial charge on any atom is 0.306 e. The summed E-state index contributed by atoms with van der Waals surface area (Å²) in [7, 11) is 0. The zero-order valence-electron chi connectivity index (χ0n) is 13.3. The highest BCUT2D eigenvalue weighted by molar-refractivity contribution is 6.30. The second-order valence-corrected chi connectivity index (χ2v) is 5.77. The lowest BCUT2D eigenvalue weighted by Gasteiger charge is -2.18. The van der Waals surface area contributed by atoms with Gasteiger partial charge in [-0.2, -0.15) is 5.10 Å². The van der Waals surface area contributed by atoms with E-state index in [0.29, 0.717) is 0 Å². The topological polar surface area (TPSA) is 127 Å². The summed E-state index contributed by atoms with van der Waals surface area (Å²) in [6.45, 7) is 0.0639. The quantitative estimate of drug-likeness (QED) is 0.531. The zero-order chi connectivity index (χ0) is 19.3. The molecule has 0 aliphatic rings. The van der Waals surface area contributed by atoms with Gasteiger partial charge in [0, 0.05) is 13.0 Å². The van der Waals surface area contributed by atoms with Crippen molar-refractivity contribution >= 4 is 29.2 Å². The van der Waals surface area contributed by atoms with Gasteiger partial charge in [-0.15, -0.1) is 0 Å². The molecule has 0 saturated heterocycles. The Hall–Kier alpha value is -3.01. The number of carbonyl (C=O) groups is 2. The molecule has 1 heterocycles. The number of carboxylic acids is 1. The van der Waals surface area contributed by atoms with Gasteiger partial charge in [0.15, 0.2) is 0 Å². The number of rotatable bonds is 8. The number of carboxylic acid groups (broad SMARTS) is 1. The van der Waals surface area contributed by atoms with Gasteiger partial charge >= 0.3 is 11.7 Å². The van der Waals surface area contributed by atoms with Crippen molar-refractivity contribution in [2.75, 3.05) is 0 Å². The van der Waals surface area contributed by atoms with Gasteiger partial charge in [-0.25, -0.2) is 4.39 Å². The van der Waals surface area contributed by atoms with Crippen LogP contribution in [0.4, 0.5) is 10.1 Å². The summed E-state index contributed by atoms with van der Waals surface area (Å²) in [6, 6.07) is 2.82. The van der Waals surface area contributed by atoms with Crippen molar-refractivity contribution in [2.24, 2.45) is 0 Å². The first kappa shape index (κ1) is 19.3. The smallest absolute Gasteiger partial charge is 0.306 e. The van der Waals surface area contributed by atoms with E-state index in [2.05, 4.69) is 10.4 Å². The van der Waals surface area contributed by atoms with E-state index in [1.165, 1.54) is 23.0 Å². The van der Waals surface area contributed by atoms with Gasteiger partial charge in [0.25, 0.3) is 0 Å². The van der Waals surface area contributed by atoms with Crippen molar-refractivity contribution in [3.05, 3.63) is 57.1 Å². The highest BCUT2D eigenvalue weighted by atomic mass is 35.5. The Balaban J connectivity index is 2.02. The molecule has 9 nitrogen and oxygen atoms in total. The summed E-state index contributed by atoms with van der Waals surface area (Å²) in [4.78, 5) is 33.1. The van der Waals surface area contributed by atoms with E-state index in [9.17, 15) is 24.1 Å². The summed E-state index contributed by atoms with van der Waals surface area (Å²) in [5.74, 6) is -2.41. The molecule has 1 amide bonds. The van der Waals surface area contributed by atoms with E-state index in [1.807, 2.05) is 0 Å². The SMILES string of the molecule is O=C(O)CC(NC(=O)CCn1cc([N+](=O)[O-])cn1)c1ccc(Cl)c(F)c1. The predicted octanol–water partition coefficient (Wildman–Crippen LogP) is 2.31. The van der Waals surface area contributed by atoms with Crippen LogP contribution in [0.5, 0.6) is 0 Å². The van der Waals surface area contributed by atoms with Crippen molar-refractivity contribution in [3.8, 4) is 0 Å². The molecule has 1 unspecified atom stereocenters. The third-order valence-electron chi connectivity index (χ3n) is 3.46. The van der Waals surface area contributed by atoms with Gasteiger partial charge in [0.1, 0.15) is 18.2 Å². The molecule has 2 N–H and O–H groups in total. The fraction of sp³-hybridized carbons (Fsp3) is 0.267. The van der Waals surface area contributed by atoms with Gasteiger partial charge in [0.05, 0.1) is 22.4 Å². The monoisotopic (exact) mass is 384 g/mol. The van der Waals surface area contributed by atoms with E-state index >= 15 is 0 Å². The van der Waals surface area contributed by atoms with Crippen molar-refractivity contribution in [2.45, 2.75) is 25.4 Å². The Morgan fingerprint density at radius 3 is 2.77 bits per heavy atom. The number of aliphatic carboxylic acids is 1. The van der Waals surface area contributed by atoms with Crippen LogP contribution in [-0.4, -0.2) is 31.7 Å². The van der Waals surface area contributed by atoms with Crippen molar-refractivity contribution in [1.29, 1.82) is 0 Å². The predicted molar refractivity (Wildman–Crippen MR) is 88.0 cm³/mol. The largest absolute Gasteiger partial charge is 0.481 e. The summed E-state index contributed by atoms with van der Waals surface area (Å²) in [5.41, 5.74) is 0.0585. The number of aromatic nitrogens is 2. The van der Waals surface area contributed by atoms with Crippen molar-refractivity contribution < 1.29 is 24.0 Å². The average Bonchev–Trinajstić information content (AvgIpc) is 3.04. The molecule has 0 fully saturated rings. The Morgan fingerprint density at radius 2 is 2.19 bits per heavy atom. The normalized spacial score (nSPS) is 11.8. The first-order valence-corrected chi connectivity index (χ1v) is 7.77. The van der Waals surface area contributed by atoms with E-state index < -0.39 is 35.1 Å². The maximum atomic E-state index is 13.6. The van der Waals surface area contributed by atoms with E-state index in [0.717, 1.165) is 12.3 Å². The lowest BCUT2D eigenvalue weighted by Crippen LogP contribution is -2.31. The van der Waals surface area contributed by atoms with E-state index in [4.69, 9.17) is 16.7 Å². The third kappa shape index (κ3) is 5.24. The highest BCUT2D eigenvalue weighted by Crippen LogP contribution is 2.22. The number of benzene rings is 1. The molecule has 1 aromatic carbocycles. The van der Waals surface area contributed by atoms with Crippen LogP contribution in [0.1, 0.15) is 24.4 Å². The second-order valence-electron chi connectivity index (χ2n) is 5.36. The molecule has 138 valence electrons. The van der Waals surface area contributed by atoms with Gasteiger partial charge in [0.2, 0.25) is 5.91 Å². The number of nitrogens with one attached hydrogen (secondary N) is 1. The fourth-order valence-corrected chi connectivity index (χ4v) is 2.33. The first-order valence-electron chi connectivity index (χ1n) is 7.39. The van der Waals surface area contributed by atoms with Crippen LogP contribution in [0.15, 0.2) is 30.6 Å². The lowest BCUT2D eigenvalue weighted by atomic mass is 10.0. The van der Waals surface area contributed by atoms with Crippen LogP contribution >= 0.6 is 11.6 Å². The highest BCUT2D eigenvalue weighted by Gasteiger charge is 2.19. The maximum absolute atomic E-state index is 13.6. The molecule has 0 radical (unpaired) electrons. The molecular formula is C15H14ClFN4O5. The standard InChI is InChI=1S/C15H14ClFN4O5/c16-11-2-1-9(5-12(11)17)13(6-15(23)24)19-14(22)3-4-20-8-10(7-18-20)21(25)26/h1-2,5,7-8,13H,3-4,6H2,(H,19,22)(H,23,24). The molecule has 26 heavy (non-hydrogen) atoms. The third-order valence-corrected chi connectivity index (χ3v) is 3.76. The van der Waals surface area contributed by atoms with Gasteiger partial charge < -0.3 is 10.4 Å². The molecule has 0 spiro atoms. The Kier molecular flexibility index (Phi) is 6.23. The number of carbonyl (C=O) groups excluding carboxylic acids is 1. The molecule has 0 saturated carbocycles. The summed E-state index contributed by atoms with van der Waals surface area (Å²) in [5, 5.41) is 25.7. The number of nitro groups is 1. The van der Waals surface area contributed by atoms with Crippen molar-refractivity contribution in [3.63, 3.8) is 0 Å². The molecule has 1 atom stereocenters. The van der Waals surface area contributed by atoms with Crippen LogP contribution in [0.2, 0.25) is 5.02 Å². The molecule has 0 aliphatic heterocycles. The van der Waals surface area contributed by atoms with Crippen LogP contribution in [0.25, 0.3) is 0 Å². The molecule has 0 bridgehead atoms. The molecular weight excluding hydrogens is 371 g/mol. The Labute approximate surface area is 151 Å². The number of halogens is 2. The van der Waals surface area contributed by atoms with Gasteiger partial charge in [-0.3, -0.25) is 24.4 Å². The molecule has 11 heteroatoms. The van der Waals surface area contributed by atoms with Gasteiger partial charge in [-0.1, -0.05) is 17.7 Å². The van der Waals surface area contributed by atoms with Crippen LogP contribution in [-0.2, 0) is 16.1 Å². The van der Waals surface area contributed by atoms with E-state index in [1.54, 1.807) is 0 Å². The lowest BCUT2D eigenvalue weighted by molar-refractivity contribution is -0.385. The van der Waals surface area contributed by atoms with Crippen LogP contribution in [0.3, 0.4) is 0 Å². The fourth-order valence-electron chi connectivity index (χ4n) is 2.21. The van der Waals surface area contributed by atoms with Crippen LogP contribution < -0.4 is 5.32 Å². The number of aryl methyl sites for hydroxylation is 1. The number of hydrogen-bond donors (Lipinski definition) is 2. The van der Waals surface area contributed by atoms with Crippen molar-refractivity contribution in [1.82, 2.24) is 15.1 Å². The average molecular weight is 385 g/mol. The minimum Gasteiger partial charge on any atom is -0.481 e. The summed E-state index contributed by atoms with van der Waals surface area (Å²) in [6.07, 6.45) is 1.70. The second kappa shape index (κ2) is 8.39. The molecule has 2 aromatic rings. The Bertz CT molecular complexity index is 841. The summed E-state index contributed by atoms with van der Waals surface area (Å²) < 4.78 is 14.8. The molecule has 1 aromatic heterocycles. The minimum absolute atomic E-state index is 0.0639. The number of amides is 1. The Morgan fingerprint density at radius 1 is 1.46 bits per heavy atom. The number of nitrogens with zero attached hydrogens (tertiary/aromatic N) is 3. The van der Waals surface area contributed by atoms with Gasteiger partial charge in [-0.05, 0) is 17.7 Å². The molecule has 0 aliphatic carbocycles. The van der Waals surface area contributed by atoms with Crippen LogP contribution in [0, 0.1) is 15.9 Å². The minimum atomic E-state index is -1.17. The first-order chi connectivity index (χ1) is 12.3. The van der Waals surface area contributed by atoms with E-state index in [-0.39, 0.29) is 29.2 Å². The summed E-state index contributed by atoms with van der Waals surface area (Å²) >= 11 is 5.60.